The molecule has 1 aliphatic rings. The van der Waals surface area contributed by atoms with Crippen LogP contribution in [0.3, 0.4) is 0 Å². The fourth-order valence-corrected chi connectivity index (χ4v) is 2.32. The number of fused-ring (bicyclic) bond motifs is 1. The van der Waals surface area contributed by atoms with Crippen LogP contribution in [-0.2, 0) is 17.8 Å². The number of benzene rings is 1. The van der Waals surface area contributed by atoms with Crippen LogP contribution >= 0.6 is 0 Å². The van der Waals surface area contributed by atoms with Gasteiger partial charge in [-0.05, 0) is 24.0 Å². The number of halogens is 3. The summed E-state index contributed by atoms with van der Waals surface area (Å²) in [6.45, 7) is 0.603. The van der Waals surface area contributed by atoms with Crippen molar-refractivity contribution in [2.45, 2.75) is 44.4 Å². The molecule has 1 N–H and O–H groups in total. The molecule has 1 unspecified atom stereocenters. The molecule has 1 atom stereocenters. The fraction of sp³-hybridized carbons (Fsp3) is 0.500. The molecule has 1 heterocycles. The van der Waals surface area contributed by atoms with E-state index in [1.54, 1.807) is 0 Å². The highest BCUT2D eigenvalue weighted by Gasteiger charge is 2.28. The smallest absolute Gasteiger partial charge is 0.303 e. The van der Waals surface area contributed by atoms with E-state index in [2.05, 4.69) is 5.32 Å². The normalized spacial score (nSPS) is 19.0. The van der Waals surface area contributed by atoms with Crippen molar-refractivity contribution in [2.24, 2.45) is 0 Å². The summed E-state index contributed by atoms with van der Waals surface area (Å²) in [5, 5.41) is 3.09. The van der Waals surface area contributed by atoms with E-state index in [1.807, 2.05) is 24.3 Å². The van der Waals surface area contributed by atoms with E-state index in [1.165, 1.54) is 0 Å². The second-order valence-corrected chi connectivity index (χ2v) is 4.84. The number of carbonyl (C=O) groups excluding carboxylic acids is 1. The Kier molecular flexibility index (Phi) is 4.24. The Morgan fingerprint density at radius 2 is 1.95 bits per heavy atom. The minimum Gasteiger partial charge on any atom is -0.303 e. The van der Waals surface area contributed by atoms with Gasteiger partial charge in [0.2, 0.25) is 0 Å². The van der Waals surface area contributed by atoms with Crippen molar-refractivity contribution in [3.63, 3.8) is 0 Å². The van der Waals surface area contributed by atoms with E-state index in [0.29, 0.717) is 13.0 Å². The lowest BCUT2D eigenvalue weighted by Crippen LogP contribution is -2.41. The Labute approximate surface area is 110 Å². The number of rotatable bonds is 4. The van der Waals surface area contributed by atoms with E-state index in [-0.39, 0.29) is 24.7 Å². The molecular weight excluding hydrogens is 255 g/mol. The van der Waals surface area contributed by atoms with Crippen LogP contribution < -0.4 is 5.32 Å². The fourth-order valence-electron chi connectivity index (χ4n) is 2.32. The number of ketones is 1. The highest BCUT2D eigenvalue weighted by molar-refractivity contribution is 5.84. The van der Waals surface area contributed by atoms with E-state index < -0.39 is 12.6 Å². The van der Waals surface area contributed by atoms with Crippen molar-refractivity contribution in [3.05, 3.63) is 35.4 Å². The molecule has 0 aliphatic carbocycles. The van der Waals surface area contributed by atoms with Gasteiger partial charge in [0.1, 0.15) is 5.78 Å². The molecule has 0 radical (unpaired) electrons. The number of nitrogens with one attached hydrogen (secondary N) is 1. The summed E-state index contributed by atoms with van der Waals surface area (Å²) in [7, 11) is 0. The molecule has 0 fully saturated rings. The monoisotopic (exact) mass is 271 g/mol. The quantitative estimate of drug-likeness (QED) is 0.912. The molecule has 1 aromatic carbocycles. The molecule has 0 aromatic heterocycles. The second-order valence-electron chi connectivity index (χ2n) is 4.84. The molecule has 5 heteroatoms. The summed E-state index contributed by atoms with van der Waals surface area (Å²) in [6, 6.07) is 7.46. The Bertz CT molecular complexity index is 456. The van der Waals surface area contributed by atoms with E-state index in [4.69, 9.17) is 0 Å². The number of hydrogen-bond donors (Lipinski definition) is 1. The van der Waals surface area contributed by atoms with Crippen LogP contribution in [-0.4, -0.2) is 18.0 Å². The van der Waals surface area contributed by atoms with Crippen LogP contribution in [0.15, 0.2) is 24.3 Å². The van der Waals surface area contributed by atoms with Gasteiger partial charge in [-0.15, -0.1) is 0 Å². The van der Waals surface area contributed by atoms with Gasteiger partial charge < -0.3 is 5.32 Å². The van der Waals surface area contributed by atoms with Crippen molar-refractivity contribution in [3.8, 4) is 0 Å². The summed E-state index contributed by atoms with van der Waals surface area (Å²) >= 11 is 0. The van der Waals surface area contributed by atoms with Gasteiger partial charge in [-0.1, -0.05) is 24.3 Å². The Morgan fingerprint density at radius 3 is 2.63 bits per heavy atom. The number of carbonyl (C=O) groups is 1. The van der Waals surface area contributed by atoms with Crippen molar-refractivity contribution in [2.75, 3.05) is 0 Å². The maximum atomic E-state index is 12.0. The third-order valence-corrected chi connectivity index (χ3v) is 3.35. The van der Waals surface area contributed by atoms with E-state index in [0.717, 1.165) is 11.1 Å². The first-order chi connectivity index (χ1) is 8.96. The van der Waals surface area contributed by atoms with Crippen LogP contribution in [0.4, 0.5) is 13.2 Å². The van der Waals surface area contributed by atoms with Gasteiger partial charge in [0.05, 0.1) is 6.04 Å². The Balaban J connectivity index is 1.85. The summed E-state index contributed by atoms with van der Waals surface area (Å²) in [4.78, 5) is 11.9. The van der Waals surface area contributed by atoms with Crippen LogP contribution in [0.5, 0.6) is 0 Å². The van der Waals surface area contributed by atoms with Gasteiger partial charge in [-0.2, -0.15) is 13.2 Å². The first kappa shape index (κ1) is 14.1. The lowest BCUT2D eigenvalue weighted by molar-refractivity contribution is -0.137. The lowest BCUT2D eigenvalue weighted by Gasteiger charge is -2.25. The molecule has 0 amide bonds. The summed E-state index contributed by atoms with van der Waals surface area (Å²) in [6.07, 6.45) is -4.63. The minimum atomic E-state index is -4.17. The Morgan fingerprint density at radius 1 is 1.26 bits per heavy atom. The number of hydrogen-bond acceptors (Lipinski definition) is 2. The first-order valence-corrected chi connectivity index (χ1v) is 6.35. The Hall–Kier alpha value is -1.36. The van der Waals surface area contributed by atoms with Gasteiger partial charge in [0.25, 0.3) is 0 Å². The van der Waals surface area contributed by atoms with Gasteiger partial charge in [-0.3, -0.25) is 4.79 Å². The van der Waals surface area contributed by atoms with Crippen LogP contribution in [0.1, 0.15) is 30.4 Å². The van der Waals surface area contributed by atoms with Crippen molar-refractivity contribution >= 4 is 5.78 Å². The average molecular weight is 271 g/mol. The van der Waals surface area contributed by atoms with Crippen molar-refractivity contribution in [1.82, 2.24) is 5.32 Å². The third kappa shape index (κ3) is 4.06. The molecule has 19 heavy (non-hydrogen) atoms. The summed E-state index contributed by atoms with van der Waals surface area (Å²) in [5.74, 6) is -0.126. The minimum absolute atomic E-state index is 0.0145. The van der Waals surface area contributed by atoms with Gasteiger partial charge >= 0.3 is 6.18 Å². The zero-order valence-electron chi connectivity index (χ0n) is 10.5. The zero-order chi connectivity index (χ0) is 13.9. The van der Waals surface area contributed by atoms with Crippen LogP contribution in [0, 0.1) is 0 Å². The second kappa shape index (κ2) is 5.74. The standard InChI is InChI=1S/C14H16F3NO/c15-14(16,17)7-3-6-13(19)12-8-10-4-1-2-5-11(10)9-18-12/h1-2,4-5,12,18H,3,6-9H2. The van der Waals surface area contributed by atoms with E-state index in [9.17, 15) is 18.0 Å². The molecule has 0 spiro atoms. The molecule has 2 nitrogen and oxygen atoms in total. The summed E-state index contributed by atoms with van der Waals surface area (Å²) in [5.41, 5.74) is 2.26. The predicted molar refractivity (Wildman–Crippen MR) is 65.7 cm³/mol. The highest BCUT2D eigenvalue weighted by atomic mass is 19.4. The molecule has 0 saturated heterocycles. The SMILES string of the molecule is O=C(CCCC(F)(F)F)C1Cc2ccccc2CN1. The third-order valence-electron chi connectivity index (χ3n) is 3.35. The summed E-state index contributed by atoms with van der Waals surface area (Å²) < 4.78 is 36.1. The molecule has 2 rings (SSSR count). The predicted octanol–water partition coefficient (Wildman–Crippen LogP) is 3.00. The zero-order valence-corrected chi connectivity index (χ0v) is 10.5. The maximum absolute atomic E-state index is 12.0. The lowest BCUT2D eigenvalue weighted by atomic mass is 9.92. The maximum Gasteiger partial charge on any atom is 0.389 e. The highest BCUT2D eigenvalue weighted by Crippen LogP contribution is 2.23. The van der Waals surface area contributed by atoms with Crippen LogP contribution in [0.25, 0.3) is 0 Å². The molecule has 1 aromatic rings. The molecule has 0 bridgehead atoms. The van der Waals surface area contributed by atoms with Crippen molar-refractivity contribution in [1.29, 1.82) is 0 Å². The topological polar surface area (TPSA) is 29.1 Å². The molecular formula is C14H16F3NO. The first-order valence-electron chi connectivity index (χ1n) is 6.35. The molecule has 104 valence electrons. The van der Waals surface area contributed by atoms with E-state index >= 15 is 0 Å². The molecule has 1 aliphatic heterocycles. The van der Waals surface area contributed by atoms with Gasteiger partial charge in [0.15, 0.2) is 0 Å². The van der Waals surface area contributed by atoms with Gasteiger partial charge in [0, 0.05) is 19.4 Å². The average Bonchev–Trinajstić information content (AvgIpc) is 2.36. The van der Waals surface area contributed by atoms with Crippen LogP contribution in [0.2, 0.25) is 0 Å². The number of alkyl halides is 3. The number of Topliss-reactive ketones (excluding diaryl/α,β-unsaturated/α-hetero) is 1. The largest absolute Gasteiger partial charge is 0.389 e. The van der Waals surface area contributed by atoms with Crippen molar-refractivity contribution < 1.29 is 18.0 Å². The molecule has 0 saturated carbocycles. The van der Waals surface area contributed by atoms with Gasteiger partial charge in [-0.25, -0.2) is 0 Å².